The van der Waals surface area contributed by atoms with Gasteiger partial charge in [0.1, 0.15) is 28.7 Å². The van der Waals surface area contributed by atoms with Crippen LogP contribution in [0.3, 0.4) is 0 Å². The maximum atomic E-state index is 13.2. The fraction of sp³-hybridized carbons (Fsp3) is 0.430. The minimum atomic E-state index is -2.99. The van der Waals surface area contributed by atoms with Crippen molar-refractivity contribution in [1.29, 1.82) is 0 Å². The Morgan fingerprint density at radius 2 is 0.381 bits per heavy atom. The summed E-state index contributed by atoms with van der Waals surface area (Å²) in [5.74, 6) is 0.843. The zero-order valence-electron chi connectivity index (χ0n) is 76.7. The van der Waals surface area contributed by atoms with Gasteiger partial charge in [0.05, 0.1) is 92.4 Å². The number of methoxy groups -OCH3 is 15. The predicted octanol–water partition coefficient (Wildman–Crippen LogP) is 14.5. The first-order valence-electron chi connectivity index (χ1n) is 42.0. The van der Waals surface area contributed by atoms with Gasteiger partial charge in [-0.3, -0.25) is 28.8 Å². The Morgan fingerprint density at radius 1 is 0.214 bits per heavy atom. The van der Waals surface area contributed by atoms with E-state index in [1.807, 2.05) is 97.9 Å². The molecule has 0 radical (unpaired) electrons. The van der Waals surface area contributed by atoms with Crippen molar-refractivity contribution in [2.24, 2.45) is 0 Å². The number of ether oxygens (including phenoxy) is 16. The molecule has 0 aliphatic heterocycles. The number of benzene rings is 8. The molecule has 0 amide bonds. The minimum Gasteiger partial charge on any atom is -0.496 e. The molecule has 25 nitrogen and oxygen atoms in total. The molecule has 8 aromatic rings. The minimum absolute atomic E-state index is 0.0334. The number of carbonyl (C=O) groups is 9. The van der Waals surface area contributed by atoms with Crippen molar-refractivity contribution in [2.75, 3.05) is 107 Å². The molecule has 8 aromatic carbocycles. The van der Waals surface area contributed by atoms with Gasteiger partial charge in [-0.1, -0.05) is 30.3 Å². The molecule has 126 heavy (non-hydrogen) atoms. The van der Waals surface area contributed by atoms with Gasteiger partial charge in [0, 0.05) is 70.6 Å². The third-order valence-corrected chi connectivity index (χ3v) is 28.7. The summed E-state index contributed by atoms with van der Waals surface area (Å²) in [7, 11) is 22.0. The standard InChI is InChI=1S/C97H113O25.3CH3.Sn/c1-58-36-83(107-3)75(37-61(58)20-29-91(100)115-11)45-69-52-85(109-5)77(39-63(69)22-31-93(102)117-13)47-71-54-87(111-7)79(41-65(71)24-33-95(104)119-15)49-73-56-89(113-9)81(43-67(73)26-35-97(106)121-17)50-74-57-88(112-8)80(42-66(74)25-34-96(105)120-16)48-72-55-86(110-6)78(40-64(72)23-32-94(103)118-14)46-70-53-84(108-4)76(38-62(70)21-30-92(101)116-12)44-68-51-82(122-59(2)98)27-18-60(68)19-28-90(99)114-10;;;;/h18,36-43,51-57H,19-26,28-35,44-50H2,1-17H3;3*1H3;. The Balaban J connectivity index is 1.20. The van der Waals surface area contributed by atoms with Gasteiger partial charge in [0.15, 0.2) is 0 Å². The molecule has 0 unspecified atom stereocenters. The van der Waals surface area contributed by atoms with Crippen LogP contribution in [-0.4, -0.2) is 179 Å². The van der Waals surface area contributed by atoms with E-state index in [9.17, 15) is 43.2 Å². The van der Waals surface area contributed by atoms with Crippen LogP contribution in [0.4, 0.5) is 0 Å². The van der Waals surface area contributed by atoms with Crippen LogP contribution in [0.15, 0.2) is 97.1 Å². The summed E-state index contributed by atoms with van der Waals surface area (Å²) >= 11 is -2.99. The molecule has 0 fully saturated rings. The second-order valence-corrected chi connectivity index (χ2v) is 46.4. The Labute approximate surface area is 744 Å². The van der Waals surface area contributed by atoms with Gasteiger partial charge >= 0.3 is 264 Å². The Morgan fingerprint density at radius 3 is 0.556 bits per heavy atom. The number of aryl methyl sites for hydroxylation is 9. The normalized spacial score (nSPS) is 11.1. The van der Waals surface area contributed by atoms with Crippen LogP contribution in [0, 0.1) is 6.92 Å². The molecule has 0 aliphatic carbocycles. The summed E-state index contributed by atoms with van der Waals surface area (Å²) in [6.07, 6.45) is 5.36. The van der Waals surface area contributed by atoms with E-state index in [-0.39, 0.29) is 114 Å². The summed E-state index contributed by atoms with van der Waals surface area (Å²) in [6.45, 7) is 3.35. The van der Waals surface area contributed by atoms with E-state index < -0.39 is 54.2 Å². The van der Waals surface area contributed by atoms with Crippen LogP contribution >= 0.6 is 0 Å². The van der Waals surface area contributed by atoms with Crippen molar-refractivity contribution in [2.45, 2.75) is 176 Å². The fourth-order valence-electron chi connectivity index (χ4n) is 16.1. The number of carbonyl (C=O) groups excluding carboxylic acids is 9. The van der Waals surface area contributed by atoms with Crippen LogP contribution < -0.4 is 41.5 Å². The van der Waals surface area contributed by atoms with Gasteiger partial charge in [-0.15, -0.1) is 0 Å². The molecule has 0 aliphatic rings. The van der Waals surface area contributed by atoms with E-state index in [0.717, 1.165) is 132 Å². The molecule has 676 valence electrons. The van der Waals surface area contributed by atoms with Gasteiger partial charge in [0.25, 0.3) is 0 Å². The van der Waals surface area contributed by atoms with Crippen molar-refractivity contribution in [1.82, 2.24) is 0 Å². The molecular weight excluding hydrogens is 1720 g/mol. The first kappa shape index (κ1) is 99.8. The summed E-state index contributed by atoms with van der Waals surface area (Å²) < 4.78 is 91.6. The first-order chi connectivity index (χ1) is 60.3. The zero-order valence-corrected chi connectivity index (χ0v) is 79.6. The molecule has 0 saturated carbocycles. The molecule has 0 bridgehead atoms. The van der Waals surface area contributed by atoms with Crippen LogP contribution in [0.25, 0.3) is 0 Å². The van der Waals surface area contributed by atoms with Crippen molar-refractivity contribution in [3.05, 3.63) is 225 Å². The number of rotatable bonds is 47. The second-order valence-electron chi connectivity index (χ2n) is 32.0. The number of hydrogen-bond acceptors (Lipinski definition) is 25. The van der Waals surface area contributed by atoms with E-state index in [2.05, 4.69) is 20.9 Å². The van der Waals surface area contributed by atoms with E-state index in [0.29, 0.717) is 97.4 Å². The third kappa shape index (κ3) is 27.7. The predicted molar refractivity (Wildman–Crippen MR) is 479 cm³/mol. The molecule has 0 aromatic heterocycles. The van der Waals surface area contributed by atoms with Crippen molar-refractivity contribution in [3.8, 4) is 46.0 Å². The van der Waals surface area contributed by atoms with Crippen molar-refractivity contribution in [3.63, 3.8) is 0 Å². The van der Waals surface area contributed by atoms with Crippen LogP contribution in [0.2, 0.25) is 14.8 Å². The van der Waals surface area contributed by atoms with E-state index in [4.69, 9.17) is 75.8 Å². The Kier molecular flexibility index (Phi) is 38.2. The summed E-state index contributed by atoms with van der Waals surface area (Å²) in [5, 5.41) is 0. The molecule has 26 heteroatoms. The topological polar surface area (TPSA) is 301 Å². The molecule has 0 atom stereocenters. The van der Waals surface area contributed by atoms with Gasteiger partial charge in [-0.2, -0.15) is 0 Å². The molecular formula is C100H122O25Sn. The number of esters is 9. The van der Waals surface area contributed by atoms with E-state index >= 15 is 0 Å². The Hall–Kier alpha value is -11.6. The quantitative estimate of drug-likeness (QED) is 0.0148. The van der Waals surface area contributed by atoms with Gasteiger partial charge < -0.3 is 56.8 Å². The molecule has 8 rings (SSSR count). The molecule has 0 heterocycles. The molecule has 0 N–H and O–H groups in total. The van der Waals surface area contributed by atoms with Crippen molar-refractivity contribution >= 4 is 75.7 Å². The van der Waals surface area contributed by atoms with E-state index in [1.165, 1.54) is 63.8 Å². The monoisotopic (exact) mass is 1840 g/mol. The van der Waals surface area contributed by atoms with Gasteiger partial charge in [0.2, 0.25) is 0 Å². The van der Waals surface area contributed by atoms with Crippen LogP contribution in [0.1, 0.15) is 186 Å². The summed E-state index contributed by atoms with van der Waals surface area (Å²) in [4.78, 5) is 123. The molecule has 0 spiro atoms. The average molecular weight is 1840 g/mol. The molecule has 0 saturated heterocycles. The second kappa shape index (κ2) is 48.2. The van der Waals surface area contributed by atoms with Crippen LogP contribution in [-0.2, 0) is 177 Å². The first-order valence-corrected chi connectivity index (χ1v) is 52.0. The van der Waals surface area contributed by atoms with Crippen molar-refractivity contribution < 1.29 is 119 Å². The zero-order chi connectivity index (χ0) is 92.1. The summed E-state index contributed by atoms with van der Waals surface area (Å²) in [5.41, 5.74) is 19.1. The Bertz CT molecular complexity index is 5240. The fourth-order valence-corrected chi connectivity index (χ4v) is 20.3. The number of hydrogen-bond donors (Lipinski definition) is 0. The maximum absolute atomic E-state index is 13.2. The van der Waals surface area contributed by atoms with Gasteiger partial charge in [-0.25, -0.2) is 0 Å². The van der Waals surface area contributed by atoms with Crippen LogP contribution in [0.5, 0.6) is 46.0 Å². The van der Waals surface area contributed by atoms with E-state index in [1.54, 1.807) is 49.8 Å². The summed E-state index contributed by atoms with van der Waals surface area (Å²) in [6, 6.07) is 32.0. The SMILES string of the molecule is COC(=O)CCc1cc(Cc2cc(OC)c(Cc3cc(OC)c(Cc4cc(OC)c(Cc5cc(OC)c(Cc6cc(OC)c(Cc7cc(OC)c(Cc8cc(OC(C)=O)[c]([Sn]([CH3])([CH3])[CH3])cc8CCC(=O)OC)cc7CCC(=O)OC)cc6CCC(=O)OC)cc5CCC(=O)OC)cc4CCC(=O)OC)cc3CCC(=O)OC)cc2CCC(=O)OC)c(OC)cc1C. The third-order valence-electron chi connectivity index (χ3n) is 23.0. The van der Waals surface area contributed by atoms with Gasteiger partial charge in [-0.05, 0) is 176 Å². The smallest absolute Gasteiger partial charge is 0.496 e. The average Bonchev–Trinajstić information content (AvgIpc) is 0.788.